The second-order valence-electron chi connectivity index (χ2n) is 16.3. The van der Waals surface area contributed by atoms with E-state index in [1.807, 2.05) is 0 Å². The Bertz CT molecular complexity index is 1070. The van der Waals surface area contributed by atoms with Gasteiger partial charge in [-0.1, -0.05) is 119 Å². The molecule has 0 amide bonds. The van der Waals surface area contributed by atoms with Crippen molar-refractivity contribution in [2.45, 2.75) is 118 Å². The first-order valence-corrected chi connectivity index (χ1v) is 17.6. The molecule has 0 unspecified atom stereocenters. The van der Waals surface area contributed by atoms with Gasteiger partial charge in [-0.15, -0.1) is 0 Å². The first-order valence-electron chi connectivity index (χ1n) is 15.4. The van der Waals surface area contributed by atoms with Crippen LogP contribution in [0.2, 0.25) is 0 Å². The van der Waals surface area contributed by atoms with E-state index in [0.717, 1.165) is 0 Å². The summed E-state index contributed by atoms with van der Waals surface area (Å²) in [7, 11) is -2.92. The van der Waals surface area contributed by atoms with Gasteiger partial charge in [0.2, 0.25) is 0 Å². The smallest absolute Gasteiger partial charge is 0.311 e. The summed E-state index contributed by atoms with van der Waals surface area (Å²) in [6.07, 6.45) is 0. The molecule has 0 aliphatic carbocycles. The van der Waals surface area contributed by atoms with Gasteiger partial charge in [-0.3, -0.25) is 0 Å². The molecule has 2 aliphatic heterocycles. The van der Waals surface area contributed by atoms with Crippen molar-refractivity contribution in [1.82, 2.24) is 0 Å². The minimum atomic E-state index is -1.46. The van der Waals surface area contributed by atoms with Crippen molar-refractivity contribution in [3.8, 4) is 0 Å². The first-order chi connectivity index (χ1) is 19.8. The van der Waals surface area contributed by atoms with Gasteiger partial charge in [0.25, 0.3) is 0 Å². The maximum atomic E-state index is 6.28. The van der Waals surface area contributed by atoms with Crippen molar-refractivity contribution in [2.75, 3.05) is 26.4 Å². The number of benzene rings is 2. The zero-order valence-electron chi connectivity index (χ0n) is 28.6. The fourth-order valence-corrected chi connectivity index (χ4v) is 8.20. The van der Waals surface area contributed by atoms with E-state index in [9.17, 15) is 0 Å². The van der Waals surface area contributed by atoms with Gasteiger partial charge in [0.15, 0.2) is 0 Å². The highest BCUT2D eigenvalue weighted by Crippen LogP contribution is 2.54. The van der Waals surface area contributed by atoms with E-state index in [1.165, 1.54) is 33.4 Å². The first kappa shape index (κ1) is 34.9. The van der Waals surface area contributed by atoms with Gasteiger partial charge in [0, 0.05) is 0 Å². The second kappa shape index (κ2) is 13.0. The molecule has 0 atom stereocenters. The zero-order chi connectivity index (χ0) is 31.8. The molecule has 1 spiro atoms. The SMILES string of the molecule is CC(C)(C)c1cccc(C(C)(C)C)c1COP1OCC2(CO1)COP(OCc1c(C(C)(C)C)cccc1C(C)(C)C)OC2. The predicted molar refractivity (Wildman–Crippen MR) is 177 cm³/mol. The van der Waals surface area contributed by atoms with Crippen molar-refractivity contribution in [1.29, 1.82) is 0 Å². The lowest BCUT2D eigenvalue weighted by molar-refractivity contribution is -0.0772. The minimum Gasteiger partial charge on any atom is -0.311 e. The molecule has 43 heavy (non-hydrogen) atoms. The lowest BCUT2D eigenvalue weighted by Gasteiger charge is -2.41. The van der Waals surface area contributed by atoms with Crippen LogP contribution in [-0.4, -0.2) is 26.4 Å². The Hall–Kier alpha value is -0.940. The maximum Gasteiger partial charge on any atom is 0.333 e. The van der Waals surface area contributed by atoms with Crippen molar-refractivity contribution >= 4 is 17.2 Å². The summed E-state index contributed by atoms with van der Waals surface area (Å²) in [5.74, 6) is 0. The van der Waals surface area contributed by atoms with Crippen LogP contribution in [0, 0.1) is 5.41 Å². The van der Waals surface area contributed by atoms with Gasteiger partial charge in [-0.2, -0.15) is 0 Å². The van der Waals surface area contributed by atoms with Gasteiger partial charge < -0.3 is 27.1 Å². The molecule has 0 radical (unpaired) electrons. The summed E-state index contributed by atoms with van der Waals surface area (Å²) in [6.45, 7) is 29.7. The molecular formula is C35H54O6P2. The Morgan fingerprint density at radius 2 is 0.767 bits per heavy atom. The Morgan fingerprint density at radius 3 is 1.00 bits per heavy atom. The molecule has 6 nitrogen and oxygen atoms in total. The van der Waals surface area contributed by atoms with E-state index < -0.39 is 17.2 Å². The molecule has 2 aromatic rings. The molecule has 2 saturated heterocycles. The van der Waals surface area contributed by atoms with Crippen LogP contribution in [0.4, 0.5) is 0 Å². The summed E-state index contributed by atoms with van der Waals surface area (Å²) in [6, 6.07) is 13.1. The highest BCUT2D eigenvalue weighted by molar-refractivity contribution is 7.42. The summed E-state index contributed by atoms with van der Waals surface area (Å²) in [5.41, 5.74) is 7.31. The van der Waals surface area contributed by atoms with Gasteiger partial charge in [-0.05, 0) is 55.0 Å². The Morgan fingerprint density at radius 1 is 0.512 bits per heavy atom. The van der Waals surface area contributed by atoms with Crippen LogP contribution >= 0.6 is 17.2 Å². The van der Waals surface area contributed by atoms with E-state index in [0.29, 0.717) is 39.6 Å². The van der Waals surface area contributed by atoms with Crippen LogP contribution in [0.5, 0.6) is 0 Å². The van der Waals surface area contributed by atoms with E-state index in [2.05, 4.69) is 119 Å². The minimum absolute atomic E-state index is 0.00584. The zero-order valence-corrected chi connectivity index (χ0v) is 30.3. The lowest BCUT2D eigenvalue weighted by atomic mass is 9.76. The summed E-state index contributed by atoms with van der Waals surface area (Å²) >= 11 is 0. The molecular weight excluding hydrogens is 578 g/mol. The second-order valence-corrected chi connectivity index (χ2v) is 18.7. The van der Waals surface area contributed by atoms with Crippen LogP contribution in [-0.2, 0) is 62.0 Å². The van der Waals surface area contributed by atoms with Gasteiger partial charge >= 0.3 is 17.2 Å². The number of hydrogen-bond donors (Lipinski definition) is 0. The van der Waals surface area contributed by atoms with E-state index in [4.69, 9.17) is 27.1 Å². The van der Waals surface area contributed by atoms with Crippen molar-refractivity contribution in [3.05, 3.63) is 69.8 Å². The van der Waals surface area contributed by atoms with Gasteiger partial charge in [-0.25, -0.2) is 0 Å². The molecule has 4 rings (SSSR count). The van der Waals surface area contributed by atoms with E-state index in [1.54, 1.807) is 0 Å². The quantitative estimate of drug-likeness (QED) is 0.296. The van der Waals surface area contributed by atoms with Gasteiger partial charge in [0.05, 0.1) is 45.1 Å². The number of hydrogen-bond acceptors (Lipinski definition) is 6. The molecule has 0 saturated carbocycles. The lowest BCUT2D eigenvalue weighted by Crippen LogP contribution is -2.44. The standard InChI is InChI=1S/C35H54O6P2/c1-31(2,3)27-15-13-16-28(32(4,5)6)25(27)19-36-42-38-21-35(22-39-42)23-40-43(41-24-35)37-20-26-29(33(7,8)9)17-14-18-30(26)34(10,11)12/h13-18H,19-24H2,1-12H3. The Labute approximate surface area is 263 Å². The third kappa shape index (κ3) is 8.66. The van der Waals surface area contributed by atoms with Crippen LogP contribution in [0.3, 0.4) is 0 Å². The fourth-order valence-electron chi connectivity index (χ4n) is 5.76. The molecule has 0 aromatic heterocycles. The molecule has 0 bridgehead atoms. The summed E-state index contributed by atoms with van der Waals surface area (Å²) in [5, 5.41) is 0. The maximum absolute atomic E-state index is 6.28. The molecule has 2 aromatic carbocycles. The molecule has 2 fully saturated rings. The third-order valence-corrected chi connectivity index (χ3v) is 10.2. The molecule has 240 valence electrons. The Balaban J connectivity index is 1.33. The number of rotatable bonds is 6. The summed E-state index contributed by atoms with van der Waals surface area (Å²) < 4.78 is 37.1. The highest BCUT2D eigenvalue weighted by Gasteiger charge is 2.44. The van der Waals surface area contributed by atoms with Crippen LogP contribution in [0.25, 0.3) is 0 Å². The normalized spacial score (nSPS) is 24.0. The molecule has 2 heterocycles. The summed E-state index contributed by atoms with van der Waals surface area (Å²) in [4.78, 5) is 0. The fraction of sp³-hybridized carbons (Fsp3) is 0.657. The molecule has 2 aliphatic rings. The van der Waals surface area contributed by atoms with Crippen molar-refractivity contribution in [2.24, 2.45) is 5.41 Å². The monoisotopic (exact) mass is 632 g/mol. The third-order valence-electron chi connectivity index (χ3n) is 8.12. The van der Waals surface area contributed by atoms with Crippen molar-refractivity contribution in [3.63, 3.8) is 0 Å². The van der Waals surface area contributed by atoms with Crippen molar-refractivity contribution < 1.29 is 27.1 Å². The Kier molecular flexibility index (Phi) is 10.6. The van der Waals surface area contributed by atoms with E-state index >= 15 is 0 Å². The topological polar surface area (TPSA) is 55.4 Å². The predicted octanol–water partition coefficient (Wildman–Crippen LogP) is 10.1. The largest absolute Gasteiger partial charge is 0.333 e. The average Bonchev–Trinajstić information content (AvgIpc) is 2.90. The van der Waals surface area contributed by atoms with Crippen LogP contribution in [0.1, 0.15) is 116 Å². The molecule has 8 heteroatoms. The molecule has 0 N–H and O–H groups in total. The van der Waals surface area contributed by atoms with Crippen LogP contribution in [0.15, 0.2) is 36.4 Å². The van der Waals surface area contributed by atoms with E-state index in [-0.39, 0.29) is 27.1 Å². The average molecular weight is 633 g/mol. The van der Waals surface area contributed by atoms with Crippen LogP contribution < -0.4 is 0 Å². The van der Waals surface area contributed by atoms with Gasteiger partial charge in [0.1, 0.15) is 0 Å². The highest BCUT2D eigenvalue weighted by atomic mass is 31.2.